The van der Waals surface area contributed by atoms with E-state index in [1.807, 2.05) is 0 Å². The average molecular weight is 236 g/mol. The molecule has 0 unspecified atom stereocenters. The Morgan fingerprint density at radius 1 is 1.47 bits per heavy atom. The summed E-state index contributed by atoms with van der Waals surface area (Å²) in [5.74, 6) is 0. The van der Waals surface area contributed by atoms with Gasteiger partial charge in [0.25, 0.3) is 0 Å². The summed E-state index contributed by atoms with van der Waals surface area (Å²) in [5.41, 5.74) is 1.78. The molecule has 1 aromatic rings. The van der Waals surface area contributed by atoms with E-state index in [1.165, 1.54) is 25.0 Å². The molecule has 96 valence electrons. The Morgan fingerprint density at radius 3 is 2.94 bits per heavy atom. The first-order valence-corrected chi connectivity index (χ1v) is 6.75. The minimum Gasteiger partial charge on any atom is -0.396 e. The average Bonchev–Trinajstić information content (AvgIpc) is 2.93. The van der Waals surface area contributed by atoms with Gasteiger partial charge in [-0.1, -0.05) is 6.92 Å². The van der Waals surface area contributed by atoms with E-state index in [4.69, 9.17) is 5.11 Å². The lowest BCUT2D eigenvalue weighted by Crippen LogP contribution is -2.25. The van der Waals surface area contributed by atoms with Crippen LogP contribution in [0.4, 0.5) is 0 Å². The molecule has 0 atom stereocenters. The van der Waals surface area contributed by atoms with Crippen LogP contribution in [-0.4, -0.2) is 22.8 Å². The summed E-state index contributed by atoms with van der Waals surface area (Å²) in [5, 5.41) is 12.5. The van der Waals surface area contributed by atoms with Crippen molar-refractivity contribution >= 4 is 0 Å². The van der Waals surface area contributed by atoms with Crippen LogP contribution in [-0.2, 0) is 13.1 Å². The molecule has 0 aliphatic heterocycles. The molecule has 0 bridgehead atoms. The third-order valence-electron chi connectivity index (χ3n) is 3.79. The Balaban J connectivity index is 1.76. The lowest BCUT2D eigenvalue weighted by molar-refractivity contribution is 0.245. The lowest BCUT2D eigenvalue weighted by Gasteiger charge is -2.15. The van der Waals surface area contributed by atoms with E-state index in [9.17, 15) is 0 Å². The summed E-state index contributed by atoms with van der Waals surface area (Å²) >= 11 is 0. The summed E-state index contributed by atoms with van der Waals surface area (Å²) in [4.78, 5) is 0. The van der Waals surface area contributed by atoms with E-state index < -0.39 is 0 Å². The second-order valence-electron chi connectivity index (χ2n) is 5.27. The van der Waals surface area contributed by atoms with Crippen molar-refractivity contribution < 1.29 is 5.11 Å². The molecule has 0 aromatic carbocycles. The number of hydrogen-bond acceptors (Lipinski definition) is 2. The van der Waals surface area contributed by atoms with E-state index in [-0.39, 0.29) is 0 Å². The minimum absolute atomic E-state index is 0.327. The van der Waals surface area contributed by atoms with E-state index >= 15 is 0 Å². The summed E-state index contributed by atoms with van der Waals surface area (Å²) in [6, 6.07) is 4.31. The Labute approximate surface area is 104 Å². The van der Waals surface area contributed by atoms with Crippen molar-refractivity contribution in [3.8, 4) is 0 Å². The zero-order chi connectivity index (χ0) is 12.1. The van der Waals surface area contributed by atoms with Crippen molar-refractivity contribution in [2.45, 2.75) is 45.7 Å². The summed E-state index contributed by atoms with van der Waals surface area (Å²) in [6.45, 7) is 5.63. The topological polar surface area (TPSA) is 37.2 Å². The largest absolute Gasteiger partial charge is 0.396 e. The van der Waals surface area contributed by atoms with E-state index in [2.05, 4.69) is 35.1 Å². The van der Waals surface area contributed by atoms with Crippen molar-refractivity contribution in [1.29, 1.82) is 0 Å². The smallest absolute Gasteiger partial charge is 0.0436 e. The number of aromatic nitrogens is 1. The zero-order valence-corrected chi connectivity index (χ0v) is 10.8. The van der Waals surface area contributed by atoms with Crippen molar-refractivity contribution in [3.05, 3.63) is 24.0 Å². The van der Waals surface area contributed by atoms with Crippen LogP contribution in [0, 0.1) is 5.41 Å². The molecule has 1 fully saturated rings. The van der Waals surface area contributed by atoms with E-state index in [1.54, 1.807) is 0 Å². The van der Waals surface area contributed by atoms with E-state index in [0.717, 1.165) is 26.1 Å². The fourth-order valence-electron chi connectivity index (χ4n) is 2.45. The second kappa shape index (κ2) is 5.69. The first-order valence-electron chi connectivity index (χ1n) is 6.75. The highest BCUT2D eigenvalue weighted by atomic mass is 16.3. The summed E-state index contributed by atoms with van der Waals surface area (Å²) in [7, 11) is 0. The van der Waals surface area contributed by atoms with Gasteiger partial charge in [-0.3, -0.25) is 0 Å². The Morgan fingerprint density at radius 2 is 2.29 bits per heavy atom. The van der Waals surface area contributed by atoms with Gasteiger partial charge in [0.15, 0.2) is 0 Å². The van der Waals surface area contributed by atoms with Gasteiger partial charge in [-0.25, -0.2) is 0 Å². The van der Waals surface area contributed by atoms with Crippen molar-refractivity contribution in [2.75, 3.05) is 13.2 Å². The molecular formula is C14H24N2O. The second-order valence-corrected chi connectivity index (χ2v) is 5.27. The molecule has 2 rings (SSSR count). The maximum absolute atomic E-state index is 9.01. The molecule has 0 radical (unpaired) electrons. The fraction of sp³-hybridized carbons (Fsp3) is 0.714. The Hall–Kier alpha value is -0.800. The van der Waals surface area contributed by atoms with Gasteiger partial charge < -0.3 is 15.0 Å². The molecule has 0 amide bonds. The van der Waals surface area contributed by atoms with Crippen LogP contribution < -0.4 is 5.32 Å². The first-order chi connectivity index (χ1) is 8.29. The van der Waals surface area contributed by atoms with Gasteiger partial charge in [-0.15, -0.1) is 0 Å². The van der Waals surface area contributed by atoms with Gasteiger partial charge in [-0.2, -0.15) is 0 Å². The lowest BCUT2D eigenvalue weighted by atomic mass is 10.0. The van der Waals surface area contributed by atoms with Crippen molar-refractivity contribution in [1.82, 2.24) is 9.88 Å². The number of hydrogen-bond donors (Lipinski definition) is 2. The highest BCUT2D eigenvalue weighted by molar-refractivity contribution is 5.07. The molecule has 1 aromatic heterocycles. The SMILES string of the molecule is CCCn1cccc1CNCC1(CCO)CC1. The number of rotatable bonds is 8. The monoisotopic (exact) mass is 236 g/mol. The quantitative estimate of drug-likeness (QED) is 0.725. The number of nitrogens with zero attached hydrogens (tertiary/aromatic N) is 1. The maximum Gasteiger partial charge on any atom is 0.0436 e. The number of aryl methyl sites for hydroxylation is 1. The minimum atomic E-state index is 0.327. The molecule has 1 aliphatic carbocycles. The molecule has 1 saturated carbocycles. The van der Waals surface area contributed by atoms with Crippen LogP contribution in [0.2, 0.25) is 0 Å². The van der Waals surface area contributed by atoms with Crippen molar-refractivity contribution in [3.63, 3.8) is 0 Å². The summed E-state index contributed by atoms with van der Waals surface area (Å²) in [6.07, 6.45) is 6.83. The highest BCUT2D eigenvalue weighted by Crippen LogP contribution is 2.47. The van der Waals surface area contributed by atoms with Crippen LogP contribution >= 0.6 is 0 Å². The molecule has 17 heavy (non-hydrogen) atoms. The standard InChI is InChI=1S/C14H24N2O/c1-2-8-16-9-3-4-13(16)11-15-12-14(5-6-14)7-10-17/h3-4,9,15,17H,2,5-8,10-12H2,1H3. The van der Waals surface area contributed by atoms with Gasteiger partial charge >= 0.3 is 0 Å². The number of aliphatic hydroxyl groups is 1. The molecule has 1 aliphatic rings. The zero-order valence-electron chi connectivity index (χ0n) is 10.8. The molecule has 3 heteroatoms. The first kappa shape index (κ1) is 12.7. The molecule has 0 saturated heterocycles. The van der Waals surface area contributed by atoms with Gasteiger partial charge in [0, 0.05) is 38.1 Å². The van der Waals surface area contributed by atoms with Gasteiger partial charge in [0.1, 0.15) is 0 Å². The maximum atomic E-state index is 9.01. The predicted octanol–water partition coefficient (Wildman–Crippen LogP) is 2.15. The number of nitrogens with one attached hydrogen (secondary N) is 1. The van der Waals surface area contributed by atoms with Crippen LogP contribution in [0.3, 0.4) is 0 Å². The molecule has 3 nitrogen and oxygen atoms in total. The summed E-state index contributed by atoms with van der Waals surface area (Å²) < 4.78 is 2.32. The Bertz CT molecular complexity index is 342. The van der Waals surface area contributed by atoms with Crippen molar-refractivity contribution in [2.24, 2.45) is 5.41 Å². The molecular weight excluding hydrogens is 212 g/mol. The molecule has 1 heterocycles. The third-order valence-corrected chi connectivity index (χ3v) is 3.79. The van der Waals surface area contributed by atoms with Gasteiger partial charge in [0.05, 0.1) is 0 Å². The van der Waals surface area contributed by atoms with Crippen LogP contribution in [0.1, 0.15) is 38.3 Å². The van der Waals surface area contributed by atoms with Gasteiger partial charge in [-0.05, 0) is 43.2 Å². The highest BCUT2D eigenvalue weighted by Gasteiger charge is 2.41. The van der Waals surface area contributed by atoms with Crippen LogP contribution in [0.25, 0.3) is 0 Å². The molecule has 0 spiro atoms. The van der Waals surface area contributed by atoms with Gasteiger partial charge in [0.2, 0.25) is 0 Å². The Kier molecular flexibility index (Phi) is 4.24. The van der Waals surface area contributed by atoms with Crippen LogP contribution in [0.15, 0.2) is 18.3 Å². The normalized spacial score (nSPS) is 17.3. The van der Waals surface area contributed by atoms with E-state index in [0.29, 0.717) is 12.0 Å². The van der Waals surface area contributed by atoms with Crippen LogP contribution in [0.5, 0.6) is 0 Å². The fourth-order valence-corrected chi connectivity index (χ4v) is 2.45. The third kappa shape index (κ3) is 3.33. The predicted molar refractivity (Wildman–Crippen MR) is 69.8 cm³/mol. The molecule has 2 N–H and O–H groups in total. The number of aliphatic hydroxyl groups excluding tert-OH is 1.